The van der Waals surface area contributed by atoms with Crippen molar-refractivity contribution in [3.8, 4) is 0 Å². The minimum Gasteiger partial charge on any atom is -0.326 e. The van der Waals surface area contributed by atoms with Gasteiger partial charge in [0.25, 0.3) is 10.0 Å². The van der Waals surface area contributed by atoms with Gasteiger partial charge in [-0.25, -0.2) is 13.1 Å². The van der Waals surface area contributed by atoms with E-state index >= 15 is 0 Å². The number of sulfonamides is 1. The van der Waals surface area contributed by atoms with Crippen LogP contribution < -0.4 is 10.5 Å². The lowest BCUT2D eigenvalue weighted by atomic mass is 10.1. The molecule has 3 N–H and O–H groups in total. The van der Waals surface area contributed by atoms with Crippen molar-refractivity contribution in [2.45, 2.75) is 23.7 Å². The summed E-state index contributed by atoms with van der Waals surface area (Å²) < 4.78 is 27.3. The van der Waals surface area contributed by atoms with Gasteiger partial charge in [-0.15, -0.1) is 11.3 Å². The van der Waals surface area contributed by atoms with Gasteiger partial charge in [-0.05, 0) is 36.8 Å². The number of pyridine rings is 1. The molecule has 0 radical (unpaired) electrons. The fourth-order valence-corrected chi connectivity index (χ4v) is 4.11. The predicted octanol–water partition coefficient (Wildman–Crippen LogP) is 1.64. The molecule has 0 aliphatic heterocycles. The summed E-state index contributed by atoms with van der Waals surface area (Å²) in [7, 11) is -3.50. The van der Waals surface area contributed by atoms with Crippen LogP contribution in [0.2, 0.25) is 0 Å². The summed E-state index contributed by atoms with van der Waals surface area (Å²) in [5.74, 6) is 0. The Hall–Kier alpha value is -1.28. The van der Waals surface area contributed by atoms with Crippen LogP contribution in [0.1, 0.15) is 23.4 Å². The van der Waals surface area contributed by atoms with Gasteiger partial charge in [-0.3, -0.25) is 4.98 Å². The summed E-state index contributed by atoms with van der Waals surface area (Å²) in [6.45, 7) is 2.14. The van der Waals surface area contributed by atoms with Gasteiger partial charge in [0.2, 0.25) is 0 Å². The molecule has 0 spiro atoms. The summed E-state index contributed by atoms with van der Waals surface area (Å²) in [4.78, 5) is 4.75. The van der Waals surface area contributed by atoms with Crippen LogP contribution in [0.4, 0.5) is 0 Å². The Morgan fingerprint density at radius 1 is 1.32 bits per heavy atom. The number of rotatable bonds is 5. The predicted molar refractivity (Wildman–Crippen MR) is 75.2 cm³/mol. The molecular weight excluding hydrogens is 282 g/mol. The number of nitrogens with one attached hydrogen (secondary N) is 1. The van der Waals surface area contributed by atoms with Crippen molar-refractivity contribution in [1.29, 1.82) is 0 Å². The lowest BCUT2D eigenvalue weighted by Gasteiger charge is -2.13. The third-order valence-corrected chi connectivity index (χ3v) is 5.78. The van der Waals surface area contributed by atoms with Gasteiger partial charge in [0.05, 0.1) is 0 Å². The molecule has 0 bridgehead atoms. The lowest BCUT2D eigenvalue weighted by Crippen LogP contribution is -2.26. The van der Waals surface area contributed by atoms with Gasteiger partial charge >= 0.3 is 0 Å². The Morgan fingerprint density at radius 2 is 2.00 bits per heavy atom. The summed E-state index contributed by atoms with van der Waals surface area (Å²) in [6.07, 6.45) is 3.27. The second-order valence-corrected chi connectivity index (χ2v) is 7.16. The summed E-state index contributed by atoms with van der Waals surface area (Å²) in [6, 6.07) is 6.57. The maximum Gasteiger partial charge on any atom is 0.250 e. The Bertz CT molecular complexity index is 638. The average Bonchev–Trinajstić information content (AvgIpc) is 2.89. The summed E-state index contributed by atoms with van der Waals surface area (Å²) >= 11 is 1.19. The molecule has 0 amide bonds. The van der Waals surface area contributed by atoms with Crippen molar-refractivity contribution >= 4 is 21.4 Å². The van der Waals surface area contributed by atoms with Gasteiger partial charge in [0.15, 0.2) is 0 Å². The molecule has 0 aliphatic carbocycles. The molecule has 102 valence electrons. The number of hydrogen-bond donors (Lipinski definition) is 2. The van der Waals surface area contributed by atoms with E-state index in [2.05, 4.69) is 9.71 Å². The molecule has 5 nitrogen and oxygen atoms in total. The van der Waals surface area contributed by atoms with Crippen LogP contribution >= 0.6 is 11.3 Å². The zero-order valence-electron chi connectivity index (χ0n) is 10.4. The third kappa shape index (κ3) is 3.38. The molecule has 1 unspecified atom stereocenters. The minimum absolute atomic E-state index is 0.286. The SMILES string of the molecule is CC(NS(=O)(=O)c1ccc(CN)s1)c1ccncc1. The highest BCUT2D eigenvalue weighted by molar-refractivity contribution is 7.91. The van der Waals surface area contributed by atoms with Crippen molar-refractivity contribution in [1.82, 2.24) is 9.71 Å². The number of nitrogens with zero attached hydrogens (tertiary/aromatic N) is 1. The molecule has 19 heavy (non-hydrogen) atoms. The molecule has 0 saturated carbocycles. The molecule has 0 aliphatic rings. The van der Waals surface area contributed by atoms with Crippen molar-refractivity contribution in [3.63, 3.8) is 0 Å². The quantitative estimate of drug-likeness (QED) is 0.878. The van der Waals surface area contributed by atoms with E-state index in [0.717, 1.165) is 10.4 Å². The summed E-state index contributed by atoms with van der Waals surface area (Å²) in [5, 5.41) is 0. The van der Waals surface area contributed by atoms with E-state index in [0.29, 0.717) is 6.54 Å². The first-order valence-electron chi connectivity index (χ1n) is 5.74. The fourth-order valence-electron chi connectivity index (χ4n) is 1.62. The summed E-state index contributed by atoms with van der Waals surface area (Å²) in [5.41, 5.74) is 6.36. The van der Waals surface area contributed by atoms with Crippen molar-refractivity contribution in [2.24, 2.45) is 5.73 Å². The molecule has 1 atom stereocenters. The van der Waals surface area contributed by atoms with Crippen LogP contribution in [0.3, 0.4) is 0 Å². The van der Waals surface area contributed by atoms with Crippen LogP contribution in [0.25, 0.3) is 0 Å². The minimum atomic E-state index is -3.50. The Labute approximate surface area is 116 Å². The maximum atomic E-state index is 12.2. The van der Waals surface area contributed by atoms with Crippen LogP contribution in [0.5, 0.6) is 0 Å². The monoisotopic (exact) mass is 297 g/mol. The van der Waals surface area contributed by atoms with Gasteiger partial charge in [0, 0.05) is 29.9 Å². The van der Waals surface area contributed by atoms with Crippen molar-refractivity contribution < 1.29 is 8.42 Å². The zero-order chi connectivity index (χ0) is 13.9. The molecule has 0 fully saturated rings. The molecule has 7 heteroatoms. The van der Waals surface area contributed by atoms with Gasteiger partial charge in [-0.1, -0.05) is 0 Å². The van der Waals surface area contributed by atoms with E-state index in [-0.39, 0.29) is 10.3 Å². The maximum absolute atomic E-state index is 12.2. The number of thiophene rings is 1. The van der Waals surface area contributed by atoms with E-state index in [4.69, 9.17) is 5.73 Å². The standard InChI is InChI=1S/C12H15N3O2S2/c1-9(10-4-6-14-7-5-10)15-19(16,17)12-3-2-11(8-13)18-12/h2-7,9,15H,8,13H2,1H3. The highest BCUT2D eigenvalue weighted by Crippen LogP contribution is 2.23. The lowest BCUT2D eigenvalue weighted by molar-refractivity contribution is 0.569. The molecule has 2 heterocycles. The number of nitrogens with two attached hydrogens (primary N) is 1. The van der Waals surface area contributed by atoms with E-state index < -0.39 is 10.0 Å². The van der Waals surface area contributed by atoms with Gasteiger partial charge in [0.1, 0.15) is 4.21 Å². The van der Waals surface area contributed by atoms with Crippen molar-refractivity contribution in [3.05, 3.63) is 47.1 Å². The van der Waals surface area contributed by atoms with E-state index in [1.165, 1.54) is 11.3 Å². The third-order valence-electron chi connectivity index (χ3n) is 2.64. The highest BCUT2D eigenvalue weighted by atomic mass is 32.2. The van der Waals surface area contributed by atoms with Crippen molar-refractivity contribution in [2.75, 3.05) is 0 Å². The Morgan fingerprint density at radius 3 is 2.58 bits per heavy atom. The smallest absolute Gasteiger partial charge is 0.250 e. The molecule has 2 aromatic heterocycles. The van der Waals surface area contributed by atoms with Gasteiger partial charge < -0.3 is 5.73 Å². The van der Waals surface area contributed by atoms with Crippen LogP contribution in [0, 0.1) is 0 Å². The first-order chi connectivity index (χ1) is 9.03. The first-order valence-corrected chi connectivity index (χ1v) is 8.04. The molecule has 0 saturated heterocycles. The number of aromatic nitrogens is 1. The van der Waals surface area contributed by atoms with E-state index in [9.17, 15) is 8.42 Å². The topological polar surface area (TPSA) is 85.1 Å². The average molecular weight is 297 g/mol. The van der Waals surface area contributed by atoms with Crippen LogP contribution in [0.15, 0.2) is 40.9 Å². The van der Waals surface area contributed by atoms with Crippen LogP contribution in [-0.2, 0) is 16.6 Å². The second kappa shape index (κ2) is 5.79. The Balaban J connectivity index is 2.17. The highest BCUT2D eigenvalue weighted by Gasteiger charge is 2.20. The molecule has 2 rings (SSSR count). The van der Waals surface area contributed by atoms with E-state index in [1.54, 1.807) is 43.6 Å². The zero-order valence-corrected chi connectivity index (χ0v) is 12.0. The second-order valence-electron chi connectivity index (χ2n) is 4.05. The Kier molecular flexibility index (Phi) is 4.31. The fraction of sp³-hybridized carbons (Fsp3) is 0.250. The normalized spacial score (nSPS) is 13.4. The number of hydrogen-bond acceptors (Lipinski definition) is 5. The van der Waals surface area contributed by atoms with Gasteiger partial charge in [-0.2, -0.15) is 0 Å². The largest absolute Gasteiger partial charge is 0.326 e. The van der Waals surface area contributed by atoms with E-state index in [1.807, 2.05) is 0 Å². The molecule has 2 aromatic rings. The molecule has 0 aromatic carbocycles. The van der Waals surface area contributed by atoms with Crippen LogP contribution in [-0.4, -0.2) is 13.4 Å². The molecular formula is C12H15N3O2S2. The first kappa shape index (κ1) is 14.1.